The molecule has 0 aliphatic carbocycles. The quantitative estimate of drug-likeness (QED) is 0.487. The smallest absolute Gasteiger partial charge is 0.292 e. The summed E-state index contributed by atoms with van der Waals surface area (Å²) in [6.45, 7) is 6.86. The van der Waals surface area contributed by atoms with Gasteiger partial charge in [0, 0.05) is 0 Å². The van der Waals surface area contributed by atoms with Crippen LogP contribution in [-0.4, -0.2) is 43.9 Å². The Morgan fingerprint density at radius 2 is 1.54 bits per heavy atom. The highest BCUT2D eigenvalue weighted by Gasteiger charge is 2.14. The fraction of sp³-hybridized carbons (Fsp3) is 1.00. The summed E-state index contributed by atoms with van der Waals surface area (Å²) >= 11 is 0. The SMILES string of the molecule is CC(C)OCS(=O)(=O)OC(C)C.[AlH3]. The zero-order valence-corrected chi connectivity index (χ0v) is 8.72. The third-order valence-electron chi connectivity index (χ3n) is 0.885. The van der Waals surface area contributed by atoms with E-state index >= 15 is 0 Å². The van der Waals surface area contributed by atoms with Gasteiger partial charge in [-0.3, -0.25) is 4.18 Å². The average Bonchev–Trinajstić information content (AvgIpc) is 1.81. The van der Waals surface area contributed by atoms with Crippen molar-refractivity contribution in [2.24, 2.45) is 0 Å². The Morgan fingerprint density at radius 3 is 1.85 bits per heavy atom. The second-order valence-electron chi connectivity index (χ2n) is 3.04. The molecule has 0 bridgehead atoms. The van der Waals surface area contributed by atoms with Crippen LogP contribution in [0.1, 0.15) is 27.7 Å². The first-order chi connectivity index (χ1) is 5.33. The molecular formula is C7H19AlO4S. The van der Waals surface area contributed by atoms with E-state index in [9.17, 15) is 8.42 Å². The highest BCUT2D eigenvalue weighted by Crippen LogP contribution is 2.01. The van der Waals surface area contributed by atoms with E-state index in [1.54, 1.807) is 27.7 Å². The van der Waals surface area contributed by atoms with Crippen LogP contribution in [0.25, 0.3) is 0 Å². The topological polar surface area (TPSA) is 52.6 Å². The van der Waals surface area contributed by atoms with E-state index in [1.165, 1.54) is 0 Å². The van der Waals surface area contributed by atoms with Crippen LogP contribution in [0.15, 0.2) is 0 Å². The molecule has 0 rings (SSSR count). The molecule has 0 radical (unpaired) electrons. The van der Waals surface area contributed by atoms with Crippen LogP contribution in [0, 0.1) is 0 Å². The summed E-state index contributed by atoms with van der Waals surface area (Å²) < 4.78 is 31.5. The maximum atomic E-state index is 11.0. The highest BCUT2D eigenvalue weighted by molar-refractivity contribution is 7.86. The molecule has 13 heavy (non-hydrogen) atoms. The predicted molar refractivity (Wildman–Crippen MR) is 56.2 cm³/mol. The molecule has 0 aliphatic heterocycles. The van der Waals surface area contributed by atoms with E-state index in [1.807, 2.05) is 0 Å². The lowest BCUT2D eigenvalue weighted by Crippen LogP contribution is -2.19. The summed E-state index contributed by atoms with van der Waals surface area (Å²) in [5, 5.41) is 0. The maximum Gasteiger partial charge on any atom is 0.292 e. The second-order valence-corrected chi connectivity index (χ2v) is 4.58. The van der Waals surface area contributed by atoms with Gasteiger partial charge in [0.2, 0.25) is 0 Å². The molecule has 0 aromatic heterocycles. The van der Waals surface area contributed by atoms with E-state index in [0.29, 0.717) is 0 Å². The van der Waals surface area contributed by atoms with Gasteiger partial charge in [-0.15, -0.1) is 0 Å². The zero-order chi connectivity index (χ0) is 9.78. The van der Waals surface area contributed by atoms with Crippen LogP contribution in [0.5, 0.6) is 0 Å². The molecular weight excluding hydrogens is 207 g/mol. The van der Waals surface area contributed by atoms with Crippen molar-refractivity contribution in [3.05, 3.63) is 0 Å². The summed E-state index contributed by atoms with van der Waals surface area (Å²) in [5.74, 6) is -0.372. The standard InChI is InChI=1S/C7H16O4S.Al.3H/c1-6(2)10-5-12(8,9)11-7(3)4;;;;/h6-7H,5H2,1-4H3;;;;. The molecule has 0 saturated carbocycles. The third kappa shape index (κ3) is 10.3. The lowest BCUT2D eigenvalue weighted by atomic mass is 10.5. The van der Waals surface area contributed by atoms with E-state index in [2.05, 4.69) is 4.18 Å². The Hall–Kier alpha value is 0.402. The van der Waals surface area contributed by atoms with Gasteiger partial charge in [0.15, 0.2) is 23.3 Å². The predicted octanol–water partition coefficient (Wildman–Crippen LogP) is -0.0602. The Bertz CT molecular complexity index is 211. The van der Waals surface area contributed by atoms with Crippen molar-refractivity contribution in [2.45, 2.75) is 39.9 Å². The van der Waals surface area contributed by atoms with Crippen molar-refractivity contribution in [3.63, 3.8) is 0 Å². The van der Waals surface area contributed by atoms with E-state index in [4.69, 9.17) is 4.74 Å². The van der Waals surface area contributed by atoms with Crippen LogP contribution in [0.3, 0.4) is 0 Å². The fourth-order valence-corrected chi connectivity index (χ4v) is 1.62. The van der Waals surface area contributed by atoms with Crippen LogP contribution in [0.2, 0.25) is 0 Å². The van der Waals surface area contributed by atoms with Crippen molar-refractivity contribution in [1.29, 1.82) is 0 Å². The summed E-state index contributed by atoms with van der Waals surface area (Å²) in [6.07, 6.45) is -0.429. The maximum absolute atomic E-state index is 11.0. The van der Waals surface area contributed by atoms with Gasteiger partial charge in [0.05, 0.1) is 12.2 Å². The summed E-state index contributed by atoms with van der Waals surface area (Å²) in [7, 11) is -3.50. The van der Waals surface area contributed by atoms with Crippen molar-refractivity contribution in [3.8, 4) is 0 Å². The molecule has 0 aromatic carbocycles. The highest BCUT2D eigenvalue weighted by atomic mass is 32.2. The zero-order valence-electron chi connectivity index (χ0n) is 7.90. The monoisotopic (exact) mass is 226 g/mol. The molecule has 0 N–H and O–H groups in total. The molecule has 4 nitrogen and oxygen atoms in total. The van der Waals surface area contributed by atoms with Crippen molar-refractivity contribution in [2.75, 3.05) is 5.94 Å². The number of hydrogen-bond donors (Lipinski definition) is 0. The molecule has 0 atom stereocenters. The number of rotatable bonds is 5. The molecule has 0 saturated heterocycles. The average molecular weight is 226 g/mol. The Kier molecular flexibility index (Phi) is 8.29. The first kappa shape index (κ1) is 15.9. The van der Waals surface area contributed by atoms with Gasteiger partial charge >= 0.3 is 0 Å². The van der Waals surface area contributed by atoms with Gasteiger partial charge in [0.1, 0.15) is 0 Å². The molecule has 0 heterocycles. The molecule has 80 valence electrons. The minimum absolute atomic E-state index is 0. The van der Waals surface area contributed by atoms with E-state index in [-0.39, 0.29) is 35.5 Å². The van der Waals surface area contributed by atoms with E-state index < -0.39 is 10.1 Å². The first-order valence-electron chi connectivity index (χ1n) is 3.86. The molecule has 6 heteroatoms. The third-order valence-corrected chi connectivity index (χ3v) is 1.99. The Morgan fingerprint density at radius 1 is 1.08 bits per heavy atom. The van der Waals surface area contributed by atoms with E-state index in [0.717, 1.165) is 0 Å². The number of ether oxygens (including phenoxy) is 1. The minimum Gasteiger partial charge on any atom is -0.360 e. The largest absolute Gasteiger partial charge is 0.360 e. The fourth-order valence-electron chi connectivity index (χ4n) is 0.540. The van der Waals surface area contributed by atoms with Gasteiger partial charge in [-0.05, 0) is 27.7 Å². The summed E-state index contributed by atoms with van der Waals surface area (Å²) in [5.41, 5.74) is 0. The molecule has 0 unspecified atom stereocenters. The van der Waals surface area contributed by atoms with Gasteiger partial charge in [-0.25, -0.2) is 0 Å². The van der Waals surface area contributed by atoms with Crippen LogP contribution >= 0.6 is 0 Å². The Labute approximate surface area is 90.9 Å². The summed E-state index contributed by atoms with van der Waals surface area (Å²) in [6, 6.07) is 0. The summed E-state index contributed by atoms with van der Waals surface area (Å²) in [4.78, 5) is 0. The van der Waals surface area contributed by atoms with Crippen LogP contribution in [0.4, 0.5) is 0 Å². The lowest BCUT2D eigenvalue weighted by Gasteiger charge is -2.10. The molecule has 0 spiro atoms. The van der Waals surface area contributed by atoms with Crippen LogP contribution in [-0.2, 0) is 19.0 Å². The van der Waals surface area contributed by atoms with Gasteiger partial charge < -0.3 is 4.74 Å². The van der Waals surface area contributed by atoms with Gasteiger partial charge in [0.25, 0.3) is 10.1 Å². The Balaban J connectivity index is 0. The minimum atomic E-state index is -3.50. The van der Waals surface area contributed by atoms with Crippen molar-refractivity contribution >= 4 is 27.5 Å². The molecule has 0 amide bonds. The second kappa shape index (κ2) is 6.80. The van der Waals surface area contributed by atoms with Crippen molar-refractivity contribution < 1.29 is 17.3 Å². The van der Waals surface area contributed by atoms with Gasteiger partial charge in [-0.2, -0.15) is 8.42 Å². The van der Waals surface area contributed by atoms with Crippen molar-refractivity contribution in [1.82, 2.24) is 0 Å². The molecule has 0 fully saturated rings. The lowest BCUT2D eigenvalue weighted by molar-refractivity contribution is 0.104. The number of hydrogen-bond acceptors (Lipinski definition) is 4. The first-order valence-corrected chi connectivity index (χ1v) is 5.44. The molecule has 0 aromatic rings. The normalized spacial score (nSPS) is 11.8. The molecule has 0 aliphatic rings. The van der Waals surface area contributed by atoms with Crippen LogP contribution < -0.4 is 0 Å². The van der Waals surface area contributed by atoms with Gasteiger partial charge in [-0.1, -0.05) is 0 Å².